The molecule has 0 aromatic carbocycles. The van der Waals surface area contributed by atoms with Crippen LogP contribution in [0, 0.1) is 5.92 Å². The van der Waals surface area contributed by atoms with E-state index in [2.05, 4.69) is 11.9 Å². The fourth-order valence-corrected chi connectivity index (χ4v) is 10.7. The summed E-state index contributed by atoms with van der Waals surface area (Å²) in [4.78, 5) is 10.7. The van der Waals surface area contributed by atoms with E-state index in [1.807, 2.05) is 0 Å². The van der Waals surface area contributed by atoms with Crippen LogP contribution in [0.5, 0.6) is 0 Å². The van der Waals surface area contributed by atoms with E-state index < -0.39 is 22.1 Å². The predicted octanol–water partition coefficient (Wildman–Crippen LogP) is 2.53. The molecule has 0 aromatic heterocycles. The Morgan fingerprint density at radius 2 is 2.42 bits per heavy atom. The first kappa shape index (κ1) is 11.0. The van der Waals surface area contributed by atoms with E-state index in [-0.39, 0.29) is 12.1 Å². The van der Waals surface area contributed by atoms with Crippen LogP contribution < -0.4 is 0 Å². The molecule has 0 bridgehead atoms. The molecule has 0 heterocycles. The molecule has 2 atom stereocenters. The number of hydrogen-bond acceptors (Lipinski definition) is 2. The van der Waals surface area contributed by atoms with Crippen LogP contribution >= 0.6 is 11.9 Å². The van der Waals surface area contributed by atoms with Crippen molar-refractivity contribution in [3.05, 3.63) is 0 Å². The van der Waals surface area contributed by atoms with Gasteiger partial charge >= 0.3 is 91.7 Å². The third-order valence-corrected chi connectivity index (χ3v) is 10.1. The summed E-state index contributed by atoms with van der Waals surface area (Å²) in [6, 6.07) is 0. The van der Waals surface area contributed by atoms with Crippen LogP contribution in [0.2, 0.25) is 3.93 Å². The molecule has 0 unspecified atom stereocenters. The maximum absolute atomic E-state index is 10.7. The van der Waals surface area contributed by atoms with Crippen molar-refractivity contribution < 1.29 is 31.7 Å². The molecule has 0 N–H and O–H groups in total. The normalized spacial score (nSPS) is 28.2. The van der Waals surface area contributed by atoms with Gasteiger partial charge in [-0.2, -0.15) is 0 Å². The molecular formula is C8H13BrHgO2. The summed E-state index contributed by atoms with van der Waals surface area (Å²) >= 11 is 2.93. The summed E-state index contributed by atoms with van der Waals surface area (Å²) in [5, 5.41) is 0. The molecule has 0 radical (unpaired) electrons. The van der Waals surface area contributed by atoms with Crippen LogP contribution in [-0.4, -0.2) is 12.1 Å². The van der Waals surface area contributed by atoms with Gasteiger partial charge in [-0.05, 0) is 0 Å². The maximum atomic E-state index is 10.7. The average molecular weight is 422 g/mol. The monoisotopic (exact) mass is 422 g/mol. The van der Waals surface area contributed by atoms with E-state index in [4.69, 9.17) is 4.74 Å². The van der Waals surface area contributed by atoms with Gasteiger partial charge in [-0.15, -0.1) is 0 Å². The molecule has 1 fully saturated rings. The number of carbonyl (C=O) groups is 1. The van der Waals surface area contributed by atoms with Crippen molar-refractivity contribution >= 4 is 17.9 Å². The number of hydrogen-bond donors (Lipinski definition) is 0. The molecule has 4 heteroatoms. The molecule has 0 spiro atoms. The summed E-state index contributed by atoms with van der Waals surface area (Å²) in [6.45, 7) is 1.51. The first-order chi connectivity index (χ1) is 5.74. The molecule has 1 rings (SSSR count). The summed E-state index contributed by atoms with van der Waals surface area (Å²) in [6.07, 6.45) is 3.85. The number of halogens is 1. The van der Waals surface area contributed by atoms with Crippen molar-refractivity contribution in [1.82, 2.24) is 0 Å². The fourth-order valence-electron chi connectivity index (χ4n) is 1.84. The Hall–Kier alpha value is 0.885. The molecule has 1 aliphatic rings. The zero-order valence-corrected chi connectivity index (χ0v) is 14.5. The van der Waals surface area contributed by atoms with E-state index in [0.717, 1.165) is 6.42 Å². The Morgan fingerprint density at radius 3 is 3.00 bits per heavy atom. The standard InChI is InChI=1S/C8H13O2.BrH.Hg/c1-6-4-3-5-8(6)10-7(2)9;;/h6,8H,1,3-5H2,2H3;1H;/q;;+1/p-1/t6-,8-;;/m1../s1. The van der Waals surface area contributed by atoms with Gasteiger partial charge in [-0.25, -0.2) is 0 Å². The number of ether oxygens (including phenoxy) is 1. The third-order valence-electron chi connectivity index (χ3n) is 2.39. The van der Waals surface area contributed by atoms with Gasteiger partial charge in [0.2, 0.25) is 0 Å². The number of rotatable bonds is 3. The van der Waals surface area contributed by atoms with E-state index >= 15 is 0 Å². The van der Waals surface area contributed by atoms with Crippen molar-refractivity contribution in [3.63, 3.8) is 0 Å². The second-order valence-corrected chi connectivity index (χ2v) is 14.0. The van der Waals surface area contributed by atoms with Crippen LogP contribution in [0.3, 0.4) is 0 Å². The number of carbonyl (C=O) groups excluding carboxylic acids is 1. The van der Waals surface area contributed by atoms with Crippen molar-refractivity contribution in [2.45, 2.75) is 36.2 Å². The van der Waals surface area contributed by atoms with Crippen molar-refractivity contribution in [2.75, 3.05) is 0 Å². The third kappa shape index (κ3) is 3.33. The zero-order chi connectivity index (χ0) is 8.97. The van der Waals surface area contributed by atoms with Crippen LogP contribution in [0.15, 0.2) is 0 Å². The average Bonchev–Trinajstić information content (AvgIpc) is 2.37. The molecule has 0 saturated heterocycles. The van der Waals surface area contributed by atoms with Crippen LogP contribution in [0.4, 0.5) is 0 Å². The Bertz CT molecular complexity index is 163. The molecule has 1 saturated carbocycles. The van der Waals surface area contributed by atoms with Crippen molar-refractivity contribution in [3.8, 4) is 0 Å². The molecule has 66 valence electrons. The second-order valence-electron chi connectivity index (χ2n) is 3.32. The van der Waals surface area contributed by atoms with E-state index in [1.54, 1.807) is 0 Å². The SMILES string of the molecule is CC(=O)O[C@@H]1CCC[C@H]1[CH2][Hg][Br]. The minimum atomic E-state index is -0.701. The quantitative estimate of drug-likeness (QED) is 0.517. The van der Waals surface area contributed by atoms with Crippen molar-refractivity contribution in [2.24, 2.45) is 5.92 Å². The molecule has 0 amide bonds. The Balaban J connectivity index is 2.35. The summed E-state index contributed by atoms with van der Waals surface area (Å²) in [5.41, 5.74) is 0. The van der Waals surface area contributed by atoms with Crippen LogP contribution in [0.25, 0.3) is 0 Å². The zero-order valence-electron chi connectivity index (χ0n) is 7.38. The van der Waals surface area contributed by atoms with Gasteiger partial charge in [-0.1, -0.05) is 0 Å². The molecular weight excluding hydrogens is 409 g/mol. The van der Waals surface area contributed by atoms with E-state index in [0.29, 0.717) is 5.92 Å². The fraction of sp³-hybridized carbons (Fsp3) is 0.875. The van der Waals surface area contributed by atoms with Gasteiger partial charge in [0.15, 0.2) is 0 Å². The summed E-state index contributed by atoms with van der Waals surface area (Å²) in [7, 11) is 0. The predicted molar refractivity (Wildman–Crippen MR) is 46.6 cm³/mol. The molecule has 0 aliphatic heterocycles. The molecule has 2 nitrogen and oxygen atoms in total. The van der Waals surface area contributed by atoms with Gasteiger partial charge in [-0.3, -0.25) is 0 Å². The Kier molecular flexibility index (Phi) is 5.10. The second kappa shape index (κ2) is 5.58. The van der Waals surface area contributed by atoms with Crippen LogP contribution in [-0.2, 0) is 31.7 Å². The molecule has 1 aliphatic carbocycles. The first-order valence-corrected chi connectivity index (χ1v) is 20.3. The summed E-state index contributed by atoms with van der Waals surface area (Å²) in [5.74, 6) is 0.577. The topological polar surface area (TPSA) is 26.3 Å². The van der Waals surface area contributed by atoms with Crippen molar-refractivity contribution in [1.29, 1.82) is 0 Å². The molecule has 0 aromatic rings. The summed E-state index contributed by atoms with van der Waals surface area (Å²) < 4.78 is 6.60. The van der Waals surface area contributed by atoms with E-state index in [9.17, 15) is 4.79 Å². The number of esters is 1. The van der Waals surface area contributed by atoms with Gasteiger partial charge < -0.3 is 0 Å². The first-order valence-electron chi connectivity index (χ1n) is 4.47. The van der Waals surface area contributed by atoms with Gasteiger partial charge in [0.25, 0.3) is 0 Å². The van der Waals surface area contributed by atoms with Gasteiger partial charge in [0.1, 0.15) is 0 Å². The van der Waals surface area contributed by atoms with Gasteiger partial charge in [0, 0.05) is 0 Å². The van der Waals surface area contributed by atoms with Crippen LogP contribution in [0.1, 0.15) is 26.2 Å². The Labute approximate surface area is 91.1 Å². The van der Waals surface area contributed by atoms with Gasteiger partial charge in [0.05, 0.1) is 0 Å². The molecule has 12 heavy (non-hydrogen) atoms. The van der Waals surface area contributed by atoms with E-state index in [1.165, 1.54) is 23.7 Å². The Morgan fingerprint density at radius 1 is 1.67 bits per heavy atom. The minimum absolute atomic E-state index is 0.113.